The highest BCUT2D eigenvalue weighted by Gasteiger charge is 2.43. The molecule has 9 nitrogen and oxygen atoms in total. The Kier molecular flexibility index (Phi) is 12.1. The summed E-state index contributed by atoms with van der Waals surface area (Å²) in [6, 6.07) is 12.8. The zero-order valence-electron chi connectivity index (χ0n) is 21.2. The number of rotatable bonds is 6. The standard InChI is InChI=1S/C21H26N2O3.2C2HF3O2/c1-24-18-6-4-16(5-7-18)14-23-11-12-25-21-19(23)8-9-20(21)26-15-17-3-2-10-22-13-17;2*3-2(4,5)1(6)7/h2-7,10,13,19-21H,8-9,11-12,14-15H2,1H3;2*(H,6,7)/t19-,20+,21+;;/m0../s1. The van der Waals surface area contributed by atoms with E-state index in [1.165, 1.54) is 5.56 Å². The lowest BCUT2D eigenvalue weighted by atomic mass is 10.1. The zero-order valence-corrected chi connectivity index (χ0v) is 21.2. The van der Waals surface area contributed by atoms with E-state index in [-0.39, 0.29) is 12.2 Å². The van der Waals surface area contributed by atoms with E-state index in [0.29, 0.717) is 12.6 Å². The molecular formula is C25H28F6N2O7. The number of carbonyl (C=O) groups is 2. The van der Waals surface area contributed by atoms with E-state index in [1.807, 2.05) is 24.4 Å². The number of fused-ring (bicyclic) bond motifs is 1. The fourth-order valence-corrected chi connectivity index (χ4v) is 4.02. The molecule has 222 valence electrons. The van der Waals surface area contributed by atoms with E-state index in [1.54, 1.807) is 13.3 Å². The van der Waals surface area contributed by atoms with Crippen LogP contribution in [0.15, 0.2) is 48.8 Å². The van der Waals surface area contributed by atoms with Gasteiger partial charge in [0.1, 0.15) is 5.75 Å². The molecule has 4 rings (SSSR count). The van der Waals surface area contributed by atoms with Gasteiger partial charge in [0.2, 0.25) is 0 Å². The van der Waals surface area contributed by atoms with Gasteiger partial charge in [0.15, 0.2) is 0 Å². The third-order valence-corrected chi connectivity index (χ3v) is 5.87. The summed E-state index contributed by atoms with van der Waals surface area (Å²) < 4.78 is 81.0. The van der Waals surface area contributed by atoms with Gasteiger partial charge in [-0.15, -0.1) is 0 Å². The molecule has 2 aliphatic rings. The number of ether oxygens (including phenoxy) is 3. The van der Waals surface area contributed by atoms with Gasteiger partial charge in [0.05, 0.1) is 32.5 Å². The third-order valence-electron chi connectivity index (χ3n) is 5.87. The molecule has 40 heavy (non-hydrogen) atoms. The minimum absolute atomic E-state index is 0.165. The van der Waals surface area contributed by atoms with Gasteiger partial charge in [-0.2, -0.15) is 26.3 Å². The number of benzene rings is 1. The molecule has 1 aromatic heterocycles. The summed E-state index contributed by atoms with van der Waals surface area (Å²) >= 11 is 0. The number of morpholine rings is 1. The topological polar surface area (TPSA) is 118 Å². The Bertz CT molecular complexity index is 1040. The van der Waals surface area contributed by atoms with E-state index >= 15 is 0 Å². The first-order valence-corrected chi connectivity index (χ1v) is 11.8. The van der Waals surface area contributed by atoms with Gasteiger partial charge in [-0.25, -0.2) is 9.59 Å². The first kappa shape index (κ1) is 32.8. The van der Waals surface area contributed by atoms with E-state index in [2.05, 4.69) is 28.1 Å². The molecule has 1 saturated carbocycles. The summed E-state index contributed by atoms with van der Waals surface area (Å²) in [5, 5.41) is 14.2. The number of nitrogens with zero attached hydrogens (tertiary/aromatic N) is 2. The molecule has 3 atom stereocenters. The van der Waals surface area contributed by atoms with Crippen molar-refractivity contribution in [2.24, 2.45) is 0 Å². The van der Waals surface area contributed by atoms with E-state index in [4.69, 9.17) is 34.0 Å². The fourth-order valence-electron chi connectivity index (χ4n) is 4.02. The SMILES string of the molecule is COc1ccc(CN2CCO[C@H]3[C@H](OCc4cccnc4)CC[C@@H]32)cc1.O=C(O)C(F)(F)F.O=C(O)C(F)(F)F. The minimum Gasteiger partial charge on any atom is -0.497 e. The van der Waals surface area contributed by atoms with Gasteiger partial charge in [-0.1, -0.05) is 18.2 Å². The summed E-state index contributed by atoms with van der Waals surface area (Å²) in [6.07, 6.45) is -4.01. The molecule has 2 heterocycles. The summed E-state index contributed by atoms with van der Waals surface area (Å²) in [6.45, 7) is 3.29. The molecule has 1 aromatic carbocycles. The number of aromatic nitrogens is 1. The monoisotopic (exact) mass is 582 g/mol. The Morgan fingerprint density at radius 1 is 1.00 bits per heavy atom. The largest absolute Gasteiger partial charge is 0.497 e. The van der Waals surface area contributed by atoms with Crippen molar-refractivity contribution in [2.45, 2.75) is 56.6 Å². The van der Waals surface area contributed by atoms with Gasteiger partial charge in [0, 0.05) is 31.5 Å². The van der Waals surface area contributed by atoms with Crippen molar-refractivity contribution in [2.75, 3.05) is 20.3 Å². The van der Waals surface area contributed by atoms with Gasteiger partial charge in [0.25, 0.3) is 0 Å². The Morgan fingerprint density at radius 2 is 1.60 bits per heavy atom. The van der Waals surface area contributed by atoms with Crippen molar-refractivity contribution in [3.05, 3.63) is 59.9 Å². The second-order valence-corrected chi connectivity index (χ2v) is 8.62. The van der Waals surface area contributed by atoms with E-state index in [9.17, 15) is 26.3 Å². The minimum atomic E-state index is -5.08. The number of pyridine rings is 1. The van der Waals surface area contributed by atoms with Crippen LogP contribution in [-0.4, -0.2) is 82.9 Å². The third kappa shape index (κ3) is 10.6. The molecule has 2 N–H and O–H groups in total. The van der Waals surface area contributed by atoms with Crippen molar-refractivity contribution >= 4 is 11.9 Å². The molecule has 1 aliphatic carbocycles. The van der Waals surface area contributed by atoms with Crippen LogP contribution in [0, 0.1) is 0 Å². The van der Waals surface area contributed by atoms with Crippen LogP contribution in [0.2, 0.25) is 0 Å². The smallest absolute Gasteiger partial charge is 0.490 e. The summed E-state index contributed by atoms with van der Waals surface area (Å²) in [7, 11) is 1.70. The number of carboxylic acids is 2. The number of hydrogen-bond acceptors (Lipinski definition) is 7. The predicted octanol–water partition coefficient (Wildman–Crippen LogP) is 4.31. The highest BCUT2D eigenvalue weighted by Crippen LogP contribution is 2.33. The molecule has 2 aromatic rings. The maximum absolute atomic E-state index is 10.6. The number of alkyl halides is 6. The number of hydrogen-bond donors (Lipinski definition) is 2. The number of carboxylic acid groups (broad SMARTS) is 2. The van der Waals surface area contributed by atoms with E-state index in [0.717, 1.165) is 43.9 Å². The molecular weight excluding hydrogens is 554 g/mol. The molecule has 2 fully saturated rings. The molecule has 1 saturated heterocycles. The predicted molar refractivity (Wildman–Crippen MR) is 126 cm³/mol. The highest BCUT2D eigenvalue weighted by atomic mass is 19.4. The van der Waals surface area contributed by atoms with Crippen LogP contribution < -0.4 is 4.74 Å². The Labute approximate surface area is 225 Å². The lowest BCUT2D eigenvalue weighted by Gasteiger charge is -2.39. The summed E-state index contributed by atoms with van der Waals surface area (Å²) in [5.74, 6) is -4.61. The van der Waals surface area contributed by atoms with Crippen molar-refractivity contribution in [1.82, 2.24) is 9.88 Å². The summed E-state index contributed by atoms with van der Waals surface area (Å²) in [4.78, 5) is 24.5. The molecule has 0 radical (unpaired) electrons. The number of methoxy groups -OCH3 is 1. The van der Waals surface area contributed by atoms with Crippen LogP contribution in [0.5, 0.6) is 5.75 Å². The lowest BCUT2D eigenvalue weighted by molar-refractivity contribution is -0.193. The van der Waals surface area contributed by atoms with Gasteiger partial charge in [-0.3, -0.25) is 9.88 Å². The number of aliphatic carboxylic acids is 2. The summed E-state index contributed by atoms with van der Waals surface area (Å²) in [5.41, 5.74) is 2.42. The lowest BCUT2D eigenvalue weighted by Crippen LogP contribution is -2.51. The average molecular weight is 582 g/mol. The van der Waals surface area contributed by atoms with Gasteiger partial charge in [-0.05, 0) is 42.2 Å². The maximum Gasteiger partial charge on any atom is 0.490 e. The van der Waals surface area contributed by atoms with Crippen LogP contribution in [0.3, 0.4) is 0 Å². The quantitative estimate of drug-likeness (QED) is 0.481. The average Bonchev–Trinajstić information content (AvgIpc) is 3.32. The van der Waals surface area contributed by atoms with Crippen molar-refractivity contribution < 1.29 is 60.4 Å². The molecule has 0 amide bonds. The van der Waals surface area contributed by atoms with Crippen molar-refractivity contribution in [1.29, 1.82) is 0 Å². The second-order valence-electron chi connectivity index (χ2n) is 8.62. The molecule has 15 heteroatoms. The molecule has 0 unspecified atom stereocenters. The number of halogens is 6. The van der Waals surface area contributed by atoms with Gasteiger partial charge >= 0.3 is 24.3 Å². The van der Waals surface area contributed by atoms with Crippen LogP contribution in [-0.2, 0) is 32.2 Å². The molecule has 1 aliphatic heterocycles. The van der Waals surface area contributed by atoms with Crippen LogP contribution in [0.25, 0.3) is 0 Å². The van der Waals surface area contributed by atoms with Crippen molar-refractivity contribution in [3.8, 4) is 5.75 Å². The Hall–Kier alpha value is -3.43. The maximum atomic E-state index is 10.6. The molecule has 0 spiro atoms. The van der Waals surface area contributed by atoms with Crippen LogP contribution in [0.1, 0.15) is 24.0 Å². The van der Waals surface area contributed by atoms with E-state index < -0.39 is 24.3 Å². The fraction of sp³-hybridized carbons (Fsp3) is 0.480. The Balaban J connectivity index is 0.000000333. The van der Waals surface area contributed by atoms with Crippen molar-refractivity contribution in [3.63, 3.8) is 0 Å². The van der Waals surface area contributed by atoms with Crippen LogP contribution >= 0.6 is 0 Å². The normalized spacial score (nSPS) is 20.7. The first-order valence-electron chi connectivity index (χ1n) is 11.8. The zero-order chi connectivity index (χ0) is 29.9. The highest BCUT2D eigenvalue weighted by molar-refractivity contribution is 5.73. The molecule has 0 bridgehead atoms. The van der Waals surface area contributed by atoms with Gasteiger partial charge < -0.3 is 24.4 Å². The van der Waals surface area contributed by atoms with Crippen LogP contribution in [0.4, 0.5) is 26.3 Å². The second kappa shape index (κ2) is 14.8. The Morgan fingerprint density at radius 3 is 2.10 bits per heavy atom. The first-order chi connectivity index (χ1) is 18.7.